The molecule has 0 spiro atoms. The van der Waals surface area contributed by atoms with E-state index in [1.54, 1.807) is 0 Å². The Bertz CT molecular complexity index is 809. The van der Waals surface area contributed by atoms with Gasteiger partial charge in [0.05, 0.1) is 0 Å². The maximum atomic E-state index is 12.9. The van der Waals surface area contributed by atoms with Crippen molar-refractivity contribution in [3.8, 4) is 5.75 Å². The first kappa shape index (κ1) is 19.7. The Morgan fingerprint density at radius 2 is 1.86 bits per heavy atom. The highest BCUT2D eigenvalue weighted by Gasteiger charge is 2.64. The van der Waals surface area contributed by atoms with Crippen molar-refractivity contribution in [2.45, 2.75) is 37.5 Å². The van der Waals surface area contributed by atoms with Crippen LogP contribution in [0.25, 0.3) is 0 Å². The number of halogens is 3. The van der Waals surface area contributed by atoms with E-state index in [2.05, 4.69) is 35.8 Å². The number of H-pyrrole nitrogens is 1. The molecule has 1 aromatic heterocycles. The van der Waals surface area contributed by atoms with Gasteiger partial charge in [0, 0.05) is 19.4 Å². The summed E-state index contributed by atoms with van der Waals surface area (Å²) in [5.41, 5.74) is -1.05. The standard InChI is InChI=1S/C18H22F3N7O/c19-18(20,21)17(24-25-17)12-14-5-7-28(8-6-14)9-10-29-15-3-1-13(2-4-15)11-16-22-26-27-23-16/h1-4,14H,5-12H2,(H,22,23,26,27). The lowest BCUT2D eigenvalue weighted by Gasteiger charge is -2.32. The number of benzene rings is 1. The van der Waals surface area contributed by atoms with Gasteiger partial charge in [0.15, 0.2) is 5.82 Å². The van der Waals surface area contributed by atoms with Crippen LogP contribution < -0.4 is 4.74 Å². The summed E-state index contributed by atoms with van der Waals surface area (Å²) in [6.45, 7) is 2.82. The van der Waals surface area contributed by atoms with E-state index in [0.717, 1.165) is 43.8 Å². The number of hydrogen-bond acceptors (Lipinski definition) is 7. The van der Waals surface area contributed by atoms with Crippen LogP contribution in [-0.2, 0) is 6.42 Å². The van der Waals surface area contributed by atoms with Crippen molar-refractivity contribution in [3.63, 3.8) is 0 Å². The van der Waals surface area contributed by atoms with Gasteiger partial charge in [0.1, 0.15) is 12.4 Å². The predicted octanol–water partition coefficient (Wildman–Crippen LogP) is 3.00. The number of tetrazole rings is 1. The minimum atomic E-state index is -4.36. The zero-order chi connectivity index (χ0) is 20.3. The molecule has 0 bridgehead atoms. The summed E-state index contributed by atoms with van der Waals surface area (Å²) in [6, 6.07) is 7.73. The summed E-state index contributed by atoms with van der Waals surface area (Å²) in [5.74, 6) is 1.42. The smallest absolute Gasteiger partial charge is 0.437 e. The van der Waals surface area contributed by atoms with Crippen molar-refractivity contribution in [2.24, 2.45) is 16.1 Å². The molecule has 8 nitrogen and oxygen atoms in total. The lowest BCUT2D eigenvalue weighted by Crippen LogP contribution is -2.40. The van der Waals surface area contributed by atoms with Crippen LogP contribution in [0.5, 0.6) is 5.75 Å². The first-order chi connectivity index (χ1) is 13.9. The number of nitrogens with zero attached hydrogens (tertiary/aromatic N) is 6. The Hall–Kier alpha value is -2.56. The molecule has 156 valence electrons. The summed E-state index contributed by atoms with van der Waals surface area (Å²) in [6.07, 6.45) is -2.32. The fourth-order valence-corrected chi connectivity index (χ4v) is 3.62. The third-order valence-corrected chi connectivity index (χ3v) is 5.43. The molecule has 1 aromatic carbocycles. The van der Waals surface area contributed by atoms with Gasteiger partial charge < -0.3 is 4.74 Å². The fraction of sp³-hybridized carbons (Fsp3) is 0.611. The van der Waals surface area contributed by atoms with Crippen molar-refractivity contribution >= 4 is 0 Å². The van der Waals surface area contributed by atoms with Crippen LogP contribution in [0.15, 0.2) is 34.5 Å². The van der Waals surface area contributed by atoms with Gasteiger partial charge in [-0.1, -0.05) is 17.3 Å². The predicted molar refractivity (Wildman–Crippen MR) is 96.3 cm³/mol. The average molecular weight is 409 g/mol. The number of ether oxygens (including phenoxy) is 1. The van der Waals surface area contributed by atoms with E-state index in [1.807, 2.05) is 24.3 Å². The summed E-state index contributed by atoms with van der Waals surface area (Å²) >= 11 is 0. The molecule has 1 saturated heterocycles. The minimum Gasteiger partial charge on any atom is -0.492 e. The monoisotopic (exact) mass is 409 g/mol. The van der Waals surface area contributed by atoms with E-state index in [9.17, 15) is 13.2 Å². The first-order valence-corrected chi connectivity index (χ1v) is 9.61. The Labute approximate surface area is 165 Å². The van der Waals surface area contributed by atoms with Crippen LogP contribution in [0.1, 0.15) is 30.7 Å². The number of rotatable bonds is 8. The fourth-order valence-electron chi connectivity index (χ4n) is 3.62. The first-order valence-electron chi connectivity index (χ1n) is 9.61. The lowest BCUT2D eigenvalue weighted by atomic mass is 9.88. The molecule has 11 heteroatoms. The van der Waals surface area contributed by atoms with Crippen molar-refractivity contribution in [3.05, 3.63) is 35.7 Å². The second-order valence-electron chi connectivity index (χ2n) is 7.50. The molecule has 2 aromatic rings. The highest BCUT2D eigenvalue weighted by molar-refractivity contribution is 5.28. The quantitative estimate of drug-likeness (QED) is 0.724. The molecule has 1 fully saturated rings. The van der Waals surface area contributed by atoms with Gasteiger partial charge in [-0.15, -0.1) is 20.4 Å². The second-order valence-corrected chi connectivity index (χ2v) is 7.50. The van der Waals surface area contributed by atoms with Crippen molar-refractivity contribution in [2.75, 3.05) is 26.2 Å². The van der Waals surface area contributed by atoms with Crippen LogP contribution in [-0.4, -0.2) is 63.6 Å². The Kier molecular flexibility index (Phi) is 5.48. The van der Waals surface area contributed by atoms with Gasteiger partial charge in [-0.25, -0.2) is 0 Å². The molecule has 3 heterocycles. The van der Waals surface area contributed by atoms with Crippen molar-refractivity contribution < 1.29 is 17.9 Å². The molecule has 0 unspecified atom stereocenters. The minimum absolute atomic E-state index is 0.00976. The largest absolute Gasteiger partial charge is 0.492 e. The molecule has 2 aliphatic rings. The number of aromatic nitrogens is 4. The Morgan fingerprint density at radius 1 is 1.14 bits per heavy atom. The average Bonchev–Trinajstić information content (AvgIpc) is 3.32. The van der Waals surface area contributed by atoms with E-state index in [0.29, 0.717) is 18.9 Å². The van der Waals surface area contributed by atoms with Crippen LogP contribution >= 0.6 is 0 Å². The van der Waals surface area contributed by atoms with Crippen molar-refractivity contribution in [1.82, 2.24) is 25.5 Å². The molecule has 0 amide bonds. The van der Waals surface area contributed by atoms with Crippen LogP contribution in [0.3, 0.4) is 0 Å². The van der Waals surface area contributed by atoms with Gasteiger partial charge in [-0.05, 0) is 49.5 Å². The molecule has 0 aliphatic carbocycles. The number of alkyl halides is 3. The van der Waals surface area contributed by atoms with E-state index in [4.69, 9.17) is 4.74 Å². The molecule has 0 atom stereocenters. The zero-order valence-corrected chi connectivity index (χ0v) is 15.8. The highest BCUT2D eigenvalue weighted by atomic mass is 19.4. The Balaban J connectivity index is 1.15. The maximum absolute atomic E-state index is 12.9. The van der Waals surface area contributed by atoms with Crippen LogP contribution in [0.2, 0.25) is 0 Å². The SMILES string of the molecule is FC(F)(F)C1(CC2CCN(CCOc3ccc(Cc4nn[nH]n4)cc3)CC2)N=N1. The van der Waals surface area contributed by atoms with Gasteiger partial charge >= 0.3 is 6.18 Å². The topological polar surface area (TPSA) is 91.7 Å². The lowest BCUT2D eigenvalue weighted by molar-refractivity contribution is -0.168. The summed E-state index contributed by atoms with van der Waals surface area (Å²) in [7, 11) is 0. The van der Waals surface area contributed by atoms with Gasteiger partial charge in [0.2, 0.25) is 0 Å². The maximum Gasteiger partial charge on any atom is 0.437 e. The molecular weight excluding hydrogens is 387 g/mol. The second kappa shape index (κ2) is 8.05. The summed E-state index contributed by atoms with van der Waals surface area (Å²) in [4.78, 5) is 2.22. The van der Waals surface area contributed by atoms with E-state index in [1.165, 1.54) is 0 Å². The van der Waals surface area contributed by atoms with Gasteiger partial charge in [0.25, 0.3) is 5.66 Å². The number of hydrogen-bond donors (Lipinski definition) is 1. The summed E-state index contributed by atoms with van der Waals surface area (Å²) in [5, 5.41) is 20.4. The number of piperidine rings is 1. The van der Waals surface area contributed by atoms with E-state index >= 15 is 0 Å². The van der Waals surface area contributed by atoms with Gasteiger partial charge in [-0.2, -0.15) is 18.4 Å². The highest BCUT2D eigenvalue weighted by Crippen LogP contribution is 2.49. The molecule has 0 saturated carbocycles. The molecule has 0 radical (unpaired) electrons. The van der Waals surface area contributed by atoms with Crippen LogP contribution in [0.4, 0.5) is 13.2 Å². The molecular formula is C18H22F3N7O. The number of nitrogens with one attached hydrogen (secondary N) is 1. The third kappa shape index (κ3) is 4.89. The van der Waals surface area contributed by atoms with Gasteiger partial charge in [-0.3, -0.25) is 4.90 Å². The molecule has 4 rings (SSSR count). The summed E-state index contributed by atoms with van der Waals surface area (Å²) < 4.78 is 44.6. The molecule has 29 heavy (non-hydrogen) atoms. The van der Waals surface area contributed by atoms with E-state index < -0.39 is 11.8 Å². The van der Waals surface area contributed by atoms with Crippen molar-refractivity contribution in [1.29, 1.82) is 0 Å². The molecule has 2 aliphatic heterocycles. The molecule has 1 N–H and O–H groups in total. The van der Waals surface area contributed by atoms with E-state index in [-0.39, 0.29) is 12.3 Å². The number of aromatic amines is 1. The zero-order valence-electron chi connectivity index (χ0n) is 15.8. The Morgan fingerprint density at radius 3 is 2.45 bits per heavy atom. The normalized spacial score (nSPS) is 19.4. The third-order valence-electron chi connectivity index (χ3n) is 5.43. The number of likely N-dealkylation sites (tertiary alicyclic amines) is 1. The van der Waals surface area contributed by atoms with Crippen LogP contribution in [0, 0.1) is 5.92 Å².